The first-order valence-electron chi connectivity index (χ1n) is 6.45. The predicted molar refractivity (Wildman–Crippen MR) is 76.0 cm³/mol. The largest absolute Gasteiger partial charge is 0.497 e. The molecule has 0 spiro atoms. The Bertz CT molecular complexity index is 693. The van der Waals surface area contributed by atoms with Gasteiger partial charge < -0.3 is 4.74 Å². The van der Waals surface area contributed by atoms with E-state index in [4.69, 9.17) is 4.74 Å². The molecule has 0 unspecified atom stereocenters. The van der Waals surface area contributed by atoms with Crippen molar-refractivity contribution in [3.8, 4) is 5.75 Å². The number of nitrogens with zero attached hydrogens (tertiary/aromatic N) is 3. The Morgan fingerprint density at radius 3 is 2.61 bits per heavy atom. The maximum Gasteiger partial charge on any atom is 0.435 e. The predicted octanol–water partition coefficient (Wildman–Crippen LogP) is 2.06. The van der Waals surface area contributed by atoms with Crippen molar-refractivity contribution in [1.82, 2.24) is 15.2 Å². The molecule has 0 aliphatic carbocycles. The number of nitrogens with one attached hydrogen (secondary N) is 1. The minimum absolute atomic E-state index is 0.365. The Labute approximate surface area is 129 Å². The summed E-state index contributed by atoms with van der Waals surface area (Å²) in [4.78, 5) is 11.6. The van der Waals surface area contributed by atoms with E-state index in [9.17, 15) is 18.0 Å². The third kappa shape index (κ3) is 4.83. The van der Waals surface area contributed by atoms with Gasteiger partial charge in [0.2, 0.25) is 0 Å². The van der Waals surface area contributed by atoms with Crippen LogP contribution >= 0.6 is 0 Å². The molecule has 0 saturated heterocycles. The van der Waals surface area contributed by atoms with Crippen LogP contribution in [0.1, 0.15) is 11.3 Å². The number of hydrazone groups is 1. The lowest BCUT2D eigenvalue weighted by molar-refractivity contribution is -0.141. The molecule has 6 nitrogen and oxygen atoms in total. The molecule has 2 rings (SSSR count). The first kappa shape index (κ1) is 16.5. The van der Waals surface area contributed by atoms with Crippen molar-refractivity contribution in [3.05, 3.63) is 47.8 Å². The number of aromatic nitrogens is 2. The summed E-state index contributed by atoms with van der Waals surface area (Å²) >= 11 is 0. The summed E-state index contributed by atoms with van der Waals surface area (Å²) in [5.74, 6) is 0.0944. The van der Waals surface area contributed by atoms with Gasteiger partial charge in [0.25, 0.3) is 5.91 Å². The van der Waals surface area contributed by atoms with Crippen molar-refractivity contribution in [2.45, 2.75) is 12.7 Å². The van der Waals surface area contributed by atoms with Crippen molar-refractivity contribution >= 4 is 12.1 Å². The van der Waals surface area contributed by atoms with Gasteiger partial charge in [-0.15, -0.1) is 0 Å². The molecule has 1 aromatic carbocycles. The lowest BCUT2D eigenvalue weighted by Gasteiger charge is -2.02. The Balaban J connectivity index is 1.87. The molecular formula is C14H13F3N4O2. The molecule has 0 bridgehead atoms. The average Bonchev–Trinajstić information content (AvgIpc) is 2.96. The maximum absolute atomic E-state index is 12.4. The van der Waals surface area contributed by atoms with Gasteiger partial charge in [0, 0.05) is 6.20 Å². The topological polar surface area (TPSA) is 68.5 Å². The molecule has 0 atom stereocenters. The summed E-state index contributed by atoms with van der Waals surface area (Å²) in [6.07, 6.45) is -2.05. The Kier molecular flexibility index (Phi) is 4.99. The van der Waals surface area contributed by atoms with Gasteiger partial charge in [-0.3, -0.25) is 9.48 Å². The minimum Gasteiger partial charge on any atom is -0.497 e. The molecule has 122 valence electrons. The highest BCUT2D eigenvalue weighted by Gasteiger charge is 2.33. The maximum atomic E-state index is 12.4. The van der Waals surface area contributed by atoms with Crippen LogP contribution in [0.25, 0.3) is 0 Å². The first-order valence-corrected chi connectivity index (χ1v) is 6.45. The Morgan fingerprint density at radius 2 is 2.04 bits per heavy atom. The van der Waals surface area contributed by atoms with Gasteiger partial charge in [-0.25, -0.2) is 5.43 Å². The van der Waals surface area contributed by atoms with Crippen LogP contribution in [0, 0.1) is 0 Å². The molecular weight excluding hydrogens is 313 g/mol. The first-order chi connectivity index (χ1) is 10.9. The number of rotatable bonds is 5. The Morgan fingerprint density at radius 1 is 1.35 bits per heavy atom. The van der Waals surface area contributed by atoms with Crippen molar-refractivity contribution in [1.29, 1.82) is 0 Å². The normalized spacial score (nSPS) is 11.7. The van der Waals surface area contributed by atoms with Crippen LogP contribution in [-0.4, -0.2) is 29.0 Å². The number of halogens is 3. The molecule has 1 heterocycles. The van der Waals surface area contributed by atoms with Gasteiger partial charge in [0.1, 0.15) is 12.3 Å². The molecule has 1 aromatic heterocycles. The number of hydrogen-bond acceptors (Lipinski definition) is 4. The van der Waals surface area contributed by atoms with Gasteiger partial charge in [0.05, 0.1) is 13.3 Å². The molecule has 0 aliphatic rings. The van der Waals surface area contributed by atoms with Crippen LogP contribution in [0.3, 0.4) is 0 Å². The number of hydrogen-bond donors (Lipinski definition) is 1. The molecule has 0 saturated carbocycles. The summed E-state index contributed by atoms with van der Waals surface area (Å²) in [5.41, 5.74) is 1.89. The van der Waals surface area contributed by atoms with Gasteiger partial charge in [0.15, 0.2) is 5.69 Å². The lowest BCUT2D eigenvalue weighted by Crippen LogP contribution is -2.23. The van der Waals surface area contributed by atoms with Crippen molar-refractivity contribution in [2.24, 2.45) is 5.10 Å². The van der Waals surface area contributed by atoms with Crippen molar-refractivity contribution < 1.29 is 22.7 Å². The highest BCUT2D eigenvalue weighted by molar-refractivity contribution is 5.82. The summed E-state index contributed by atoms with van der Waals surface area (Å²) in [6.45, 7) is -0.365. The summed E-state index contributed by atoms with van der Waals surface area (Å²) < 4.78 is 43.0. The third-order valence-electron chi connectivity index (χ3n) is 2.76. The SMILES string of the molecule is COc1ccc(/C=N\NC(=O)Cn2ccc(C(F)(F)F)n2)cc1. The van der Waals surface area contributed by atoms with E-state index in [1.165, 1.54) is 6.21 Å². The summed E-state index contributed by atoms with van der Waals surface area (Å²) in [5, 5.41) is 6.99. The zero-order chi connectivity index (χ0) is 16.9. The third-order valence-corrected chi connectivity index (χ3v) is 2.76. The van der Waals surface area contributed by atoms with Gasteiger partial charge in [-0.2, -0.15) is 23.4 Å². The lowest BCUT2D eigenvalue weighted by atomic mass is 10.2. The Hall–Kier alpha value is -2.84. The van der Waals surface area contributed by atoms with Crippen LogP contribution in [0.5, 0.6) is 5.75 Å². The van der Waals surface area contributed by atoms with Crippen LogP contribution in [0.15, 0.2) is 41.6 Å². The van der Waals surface area contributed by atoms with Gasteiger partial charge in [-0.05, 0) is 35.9 Å². The average molecular weight is 326 g/mol. The number of amides is 1. The van der Waals surface area contributed by atoms with E-state index >= 15 is 0 Å². The van der Waals surface area contributed by atoms with Crippen LogP contribution < -0.4 is 10.2 Å². The van der Waals surface area contributed by atoms with E-state index in [0.29, 0.717) is 5.75 Å². The van der Waals surface area contributed by atoms with E-state index in [1.807, 2.05) is 0 Å². The summed E-state index contributed by atoms with van der Waals surface area (Å²) in [7, 11) is 1.54. The highest BCUT2D eigenvalue weighted by Crippen LogP contribution is 2.27. The van der Waals surface area contributed by atoms with E-state index in [1.54, 1.807) is 31.4 Å². The molecule has 0 aliphatic heterocycles. The molecule has 0 fully saturated rings. The monoisotopic (exact) mass is 326 g/mol. The molecule has 2 aromatic rings. The van der Waals surface area contributed by atoms with Gasteiger partial charge in [-0.1, -0.05) is 0 Å². The fourth-order valence-corrected chi connectivity index (χ4v) is 1.65. The molecule has 1 N–H and O–H groups in total. The fourth-order valence-electron chi connectivity index (χ4n) is 1.65. The molecule has 0 radical (unpaired) electrons. The number of alkyl halides is 3. The smallest absolute Gasteiger partial charge is 0.435 e. The second-order valence-corrected chi connectivity index (χ2v) is 4.46. The number of methoxy groups -OCH3 is 1. The molecule has 9 heteroatoms. The molecule has 1 amide bonds. The second-order valence-electron chi connectivity index (χ2n) is 4.46. The van der Waals surface area contributed by atoms with E-state index in [0.717, 1.165) is 22.5 Å². The van der Waals surface area contributed by atoms with Crippen LogP contribution in [0.2, 0.25) is 0 Å². The standard InChI is InChI=1S/C14H13F3N4O2/c1-23-11-4-2-10(3-5-11)8-18-19-13(22)9-21-7-6-12(20-21)14(15,16)17/h2-8H,9H2,1H3,(H,19,22)/b18-8-. The fraction of sp³-hybridized carbons (Fsp3) is 0.214. The number of carbonyl (C=O) groups excluding carboxylic acids is 1. The molecule has 23 heavy (non-hydrogen) atoms. The van der Waals surface area contributed by atoms with E-state index < -0.39 is 17.8 Å². The minimum atomic E-state index is -4.53. The van der Waals surface area contributed by atoms with Gasteiger partial charge >= 0.3 is 6.18 Å². The van der Waals surface area contributed by atoms with E-state index in [-0.39, 0.29) is 6.54 Å². The number of ether oxygens (including phenoxy) is 1. The zero-order valence-electron chi connectivity index (χ0n) is 12.0. The number of benzene rings is 1. The number of carbonyl (C=O) groups is 1. The van der Waals surface area contributed by atoms with Crippen LogP contribution in [0.4, 0.5) is 13.2 Å². The van der Waals surface area contributed by atoms with Crippen molar-refractivity contribution in [2.75, 3.05) is 7.11 Å². The van der Waals surface area contributed by atoms with Crippen molar-refractivity contribution in [3.63, 3.8) is 0 Å². The highest BCUT2D eigenvalue weighted by atomic mass is 19.4. The summed E-state index contributed by atoms with van der Waals surface area (Å²) in [6, 6.07) is 7.72. The van der Waals surface area contributed by atoms with E-state index in [2.05, 4.69) is 15.6 Å². The van der Waals surface area contributed by atoms with Crippen LogP contribution in [-0.2, 0) is 17.5 Å². The second kappa shape index (κ2) is 6.95. The quantitative estimate of drug-likeness (QED) is 0.675. The zero-order valence-corrected chi connectivity index (χ0v) is 12.0.